The monoisotopic (exact) mass is 363 g/mol. The zero-order chi connectivity index (χ0) is 18.6. The summed E-state index contributed by atoms with van der Waals surface area (Å²) in [6.07, 6.45) is 1.58. The highest BCUT2D eigenvalue weighted by Crippen LogP contribution is 2.34. The molecule has 1 aliphatic rings. The second-order valence-electron chi connectivity index (χ2n) is 5.81. The lowest BCUT2D eigenvalue weighted by Gasteiger charge is -2.09. The van der Waals surface area contributed by atoms with E-state index in [0.29, 0.717) is 28.6 Å². The van der Waals surface area contributed by atoms with Gasteiger partial charge in [0.05, 0.1) is 7.11 Å². The van der Waals surface area contributed by atoms with Crippen molar-refractivity contribution >= 4 is 23.1 Å². The summed E-state index contributed by atoms with van der Waals surface area (Å²) in [5.41, 5.74) is 1.96. The van der Waals surface area contributed by atoms with Crippen molar-refractivity contribution in [2.45, 2.75) is 0 Å². The molecule has 0 bridgehead atoms. The summed E-state index contributed by atoms with van der Waals surface area (Å²) in [4.78, 5) is 16.8. The van der Waals surface area contributed by atoms with Gasteiger partial charge in [0, 0.05) is 29.2 Å². The van der Waals surface area contributed by atoms with Crippen molar-refractivity contribution in [1.82, 2.24) is 4.98 Å². The lowest BCUT2D eigenvalue weighted by Crippen LogP contribution is -2.12. The van der Waals surface area contributed by atoms with E-state index in [2.05, 4.69) is 15.6 Å². The highest BCUT2D eigenvalue weighted by molar-refractivity contribution is 6.04. The van der Waals surface area contributed by atoms with Crippen LogP contribution >= 0.6 is 0 Å². The van der Waals surface area contributed by atoms with Crippen LogP contribution in [0.2, 0.25) is 0 Å². The molecular formula is C20H17N3O4. The van der Waals surface area contributed by atoms with Gasteiger partial charge in [-0.3, -0.25) is 4.79 Å². The van der Waals surface area contributed by atoms with Gasteiger partial charge >= 0.3 is 0 Å². The quantitative estimate of drug-likeness (QED) is 0.717. The van der Waals surface area contributed by atoms with E-state index in [9.17, 15) is 4.79 Å². The Morgan fingerprint density at radius 3 is 2.59 bits per heavy atom. The summed E-state index contributed by atoms with van der Waals surface area (Å²) < 4.78 is 15.8. The molecule has 0 unspecified atom stereocenters. The number of ether oxygens (including phenoxy) is 3. The summed E-state index contributed by atoms with van der Waals surface area (Å²) in [5, 5.41) is 6.01. The van der Waals surface area contributed by atoms with Crippen molar-refractivity contribution in [3.05, 3.63) is 66.4 Å². The lowest BCUT2D eigenvalue weighted by molar-refractivity contribution is 0.102. The van der Waals surface area contributed by atoms with Crippen LogP contribution < -0.4 is 24.8 Å². The molecule has 1 amide bonds. The van der Waals surface area contributed by atoms with E-state index in [-0.39, 0.29) is 12.7 Å². The SMILES string of the molecule is COc1ccc(NC(=O)c2ccnc(Nc3ccc4c(c3)OCO4)c2)cc1. The van der Waals surface area contributed by atoms with Crippen molar-refractivity contribution in [1.29, 1.82) is 0 Å². The molecular weight excluding hydrogens is 346 g/mol. The Labute approximate surface area is 155 Å². The van der Waals surface area contributed by atoms with Crippen LogP contribution in [0.3, 0.4) is 0 Å². The summed E-state index contributed by atoms with van der Waals surface area (Å²) in [6, 6.07) is 16.0. The van der Waals surface area contributed by atoms with Gasteiger partial charge in [-0.05, 0) is 48.5 Å². The van der Waals surface area contributed by atoms with E-state index in [1.54, 1.807) is 49.7 Å². The average molecular weight is 363 g/mol. The van der Waals surface area contributed by atoms with Gasteiger partial charge in [-0.25, -0.2) is 4.98 Å². The third kappa shape index (κ3) is 3.77. The van der Waals surface area contributed by atoms with Gasteiger partial charge < -0.3 is 24.8 Å². The largest absolute Gasteiger partial charge is 0.497 e. The molecule has 0 aliphatic carbocycles. The van der Waals surface area contributed by atoms with Gasteiger partial charge in [-0.1, -0.05) is 0 Å². The van der Waals surface area contributed by atoms with Crippen molar-refractivity contribution in [2.24, 2.45) is 0 Å². The number of amides is 1. The Morgan fingerprint density at radius 2 is 1.78 bits per heavy atom. The molecule has 136 valence electrons. The van der Waals surface area contributed by atoms with Crippen LogP contribution in [0.15, 0.2) is 60.8 Å². The minimum Gasteiger partial charge on any atom is -0.497 e. The van der Waals surface area contributed by atoms with Crippen LogP contribution in [0, 0.1) is 0 Å². The second-order valence-corrected chi connectivity index (χ2v) is 5.81. The van der Waals surface area contributed by atoms with Crippen molar-refractivity contribution < 1.29 is 19.0 Å². The summed E-state index contributed by atoms with van der Waals surface area (Å²) in [7, 11) is 1.60. The van der Waals surface area contributed by atoms with Gasteiger partial charge in [0.25, 0.3) is 5.91 Å². The minimum atomic E-state index is -0.226. The summed E-state index contributed by atoms with van der Waals surface area (Å²) >= 11 is 0. The molecule has 27 heavy (non-hydrogen) atoms. The number of nitrogens with one attached hydrogen (secondary N) is 2. The number of hydrogen-bond donors (Lipinski definition) is 2. The van der Waals surface area contributed by atoms with Gasteiger partial charge in [0.2, 0.25) is 6.79 Å². The van der Waals surface area contributed by atoms with Crippen molar-refractivity contribution in [3.8, 4) is 17.2 Å². The minimum absolute atomic E-state index is 0.220. The first-order valence-electron chi connectivity index (χ1n) is 8.29. The number of carbonyl (C=O) groups is 1. The maximum Gasteiger partial charge on any atom is 0.255 e. The van der Waals surface area contributed by atoms with Crippen molar-refractivity contribution in [2.75, 3.05) is 24.5 Å². The van der Waals surface area contributed by atoms with E-state index in [1.165, 1.54) is 0 Å². The zero-order valence-electron chi connectivity index (χ0n) is 14.6. The fourth-order valence-corrected chi connectivity index (χ4v) is 2.64. The van der Waals surface area contributed by atoms with Crippen LogP contribution in [0.1, 0.15) is 10.4 Å². The van der Waals surface area contributed by atoms with E-state index < -0.39 is 0 Å². The molecule has 2 aromatic carbocycles. The topological polar surface area (TPSA) is 81.7 Å². The van der Waals surface area contributed by atoms with E-state index in [1.807, 2.05) is 18.2 Å². The highest BCUT2D eigenvalue weighted by Gasteiger charge is 2.14. The van der Waals surface area contributed by atoms with E-state index >= 15 is 0 Å². The Balaban J connectivity index is 1.47. The molecule has 7 nitrogen and oxygen atoms in total. The standard InChI is InChI=1S/C20H17N3O4/c1-25-16-5-2-14(3-6-16)23-20(24)13-8-9-21-19(10-13)22-15-4-7-17-18(11-15)27-12-26-17/h2-11H,12H2,1H3,(H,21,22)(H,23,24). The fraction of sp³-hybridized carbons (Fsp3) is 0.100. The van der Waals surface area contributed by atoms with Gasteiger partial charge in [0.15, 0.2) is 11.5 Å². The summed E-state index contributed by atoms with van der Waals surface area (Å²) in [5.74, 6) is 2.44. The first-order valence-corrected chi connectivity index (χ1v) is 8.29. The number of anilines is 3. The highest BCUT2D eigenvalue weighted by atomic mass is 16.7. The number of hydrogen-bond acceptors (Lipinski definition) is 6. The Kier molecular flexibility index (Phi) is 4.49. The molecule has 0 atom stereocenters. The van der Waals surface area contributed by atoms with Crippen LogP contribution in [0.25, 0.3) is 0 Å². The first kappa shape index (κ1) is 16.7. The number of nitrogens with zero attached hydrogens (tertiary/aromatic N) is 1. The maximum absolute atomic E-state index is 12.5. The Bertz CT molecular complexity index is 973. The third-order valence-corrected chi connectivity index (χ3v) is 4.01. The number of pyridine rings is 1. The molecule has 0 saturated heterocycles. The number of aromatic nitrogens is 1. The van der Waals surface area contributed by atoms with Gasteiger partial charge in [0.1, 0.15) is 11.6 Å². The smallest absolute Gasteiger partial charge is 0.255 e. The molecule has 0 radical (unpaired) electrons. The predicted molar refractivity (Wildman–Crippen MR) is 101 cm³/mol. The van der Waals surface area contributed by atoms with E-state index in [4.69, 9.17) is 14.2 Å². The fourth-order valence-electron chi connectivity index (χ4n) is 2.64. The normalized spacial score (nSPS) is 11.7. The number of benzene rings is 2. The number of carbonyl (C=O) groups excluding carboxylic acids is 1. The van der Waals surface area contributed by atoms with Crippen LogP contribution in [0.5, 0.6) is 17.2 Å². The molecule has 0 saturated carbocycles. The van der Waals surface area contributed by atoms with Crippen LogP contribution in [-0.2, 0) is 0 Å². The van der Waals surface area contributed by atoms with Crippen LogP contribution in [0.4, 0.5) is 17.2 Å². The first-order chi connectivity index (χ1) is 13.2. The molecule has 2 heterocycles. The molecule has 4 rings (SSSR count). The average Bonchev–Trinajstić information content (AvgIpc) is 3.16. The molecule has 7 heteroatoms. The second kappa shape index (κ2) is 7.25. The maximum atomic E-state index is 12.5. The number of rotatable bonds is 5. The Morgan fingerprint density at radius 1 is 1.00 bits per heavy atom. The van der Waals surface area contributed by atoms with Gasteiger partial charge in [-0.2, -0.15) is 0 Å². The van der Waals surface area contributed by atoms with Crippen LogP contribution in [-0.4, -0.2) is 24.8 Å². The number of methoxy groups -OCH3 is 1. The molecule has 3 aromatic rings. The predicted octanol–water partition coefficient (Wildman–Crippen LogP) is 3.81. The molecule has 1 aliphatic heterocycles. The lowest BCUT2D eigenvalue weighted by atomic mass is 10.2. The molecule has 0 fully saturated rings. The number of fused-ring (bicyclic) bond motifs is 1. The zero-order valence-corrected chi connectivity index (χ0v) is 14.6. The molecule has 0 spiro atoms. The Hall–Kier alpha value is -3.74. The molecule has 2 N–H and O–H groups in total. The van der Waals surface area contributed by atoms with Crippen molar-refractivity contribution in [3.63, 3.8) is 0 Å². The third-order valence-electron chi connectivity index (χ3n) is 4.01. The van der Waals surface area contributed by atoms with Gasteiger partial charge in [-0.15, -0.1) is 0 Å². The summed E-state index contributed by atoms with van der Waals surface area (Å²) in [6.45, 7) is 0.220. The molecule has 1 aromatic heterocycles. The van der Waals surface area contributed by atoms with E-state index in [0.717, 1.165) is 11.4 Å².